The quantitative estimate of drug-likeness (QED) is 0.736. The summed E-state index contributed by atoms with van der Waals surface area (Å²) in [5.41, 5.74) is -0.0486. The fourth-order valence-electron chi connectivity index (χ4n) is 2.72. The number of carbonyl (C=O) groups excluding carboxylic acids is 1. The van der Waals surface area contributed by atoms with Crippen LogP contribution in [0.5, 0.6) is 0 Å². The van der Waals surface area contributed by atoms with E-state index < -0.39 is 0 Å². The first-order valence-corrected chi connectivity index (χ1v) is 7.20. The minimum Gasteiger partial charge on any atom is -0.469 e. The minimum atomic E-state index is -0.0939. The molecule has 0 aromatic rings. The van der Waals surface area contributed by atoms with E-state index in [1.54, 1.807) is 0 Å². The molecule has 1 aliphatic heterocycles. The molecule has 1 heterocycles. The first-order chi connectivity index (χ1) is 8.65. The maximum atomic E-state index is 11.6. The molecule has 1 aliphatic rings. The van der Waals surface area contributed by atoms with Gasteiger partial charge in [0.15, 0.2) is 0 Å². The van der Waals surface area contributed by atoms with Crippen molar-refractivity contribution in [1.29, 1.82) is 0 Å². The van der Waals surface area contributed by atoms with Crippen molar-refractivity contribution in [2.75, 3.05) is 33.3 Å². The second-order valence-electron chi connectivity index (χ2n) is 5.25. The predicted molar refractivity (Wildman–Crippen MR) is 73.6 cm³/mol. The third-order valence-electron chi connectivity index (χ3n) is 3.94. The second kappa shape index (κ2) is 7.74. The van der Waals surface area contributed by atoms with Crippen LogP contribution in [0.15, 0.2) is 0 Å². The summed E-state index contributed by atoms with van der Waals surface area (Å²) in [5, 5.41) is 3.61. The largest absolute Gasteiger partial charge is 0.469 e. The molecule has 1 N–H and O–H groups in total. The van der Waals surface area contributed by atoms with Crippen molar-refractivity contribution in [1.82, 2.24) is 10.2 Å². The number of likely N-dealkylation sites (tertiary alicyclic amines) is 1. The lowest BCUT2D eigenvalue weighted by molar-refractivity contribution is -0.142. The molecule has 0 aliphatic carbocycles. The molecule has 0 aromatic carbocycles. The van der Waals surface area contributed by atoms with Crippen molar-refractivity contribution in [3.05, 3.63) is 0 Å². The number of nitrogens with one attached hydrogen (secondary N) is 1. The van der Waals surface area contributed by atoms with Crippen molar-refractivity contribution in [2.24, 2.45) is 0 Å². The molecule has 106 valence electrons. The average molecular weight is 256 g/mol. The van der Waals surface area contributed by atoms with Gasteiger partial charge >= 0.3 is 5.97 Å². The molecule has 0 aromatic heterocycles. The van der Waals surface area contributed by atoms with E-state index in [4.69, 9.17) is 4.74 Å². The SMILES string of the molecule is CCCNC1(CC(=O)OC)CCCN(CC)CC1. The van der Waals surface area contributed by atoms with Crippen LogP contribution in [0.3, 0.4) is 0 Å². The standard InChI is InChI=1S/C14H28N2O2/c1-4-9-15-14(12-13(17)18-3)7-6-10-16(5-2)11-8-14/h15H,4-12H2,1-3H3. The maximum absolute atomic E-state index is 11.6. The van der Waals surface area contributed by atoms with Crippen LogP contribution in [0.25, 0.3) is 0 Å². The van der Waals surface area contributed by atoms with Gasteiger partial charge in [0.2, 0.25) is 0 Å². The van der Waals surface area contributed by atoms with E-state index in [0.717, 1.165) is 51.9 Å². The Bertz CT molecular complexity index is 258. The fraction of sp³-hybridized carbons (Fsp3) is 0.929. The number of ether oxygens (including phenoxy) is 1. The van der Waals surface area contributed by atoms with Crippen LogP contribution in [0.2, 0.25) is 0 Å². The van der Waals surface area contributed by atoms with Crippen LogP contribution >= 0.6 is 0 Å². The van der Waals surface area contributed by atoms with Crippen molar-refractivity contribution >= 4 is 5.97 Å². The van der Waals surface area contributed by atoms with Crippen LogP contribution in [-0.2, 0) is 9.53 Å². The van der Waals surface area contributed by atoms with Crippen LogP contribution in [-0.4, -0.2) is 49.7 Å². The number of hydrogen-bond donors (Lipinski definition) is 1. The lowest BCUT2D eigenvalue weighted by Gasteiger charge is -2.33. The number of carbonyl (C=O) groups is 1. The van der Waals surface area contributed by atoms with Gasteiger partial charge in [-0.2, -0.15) is 0 Å². The predicted octanol–water partition coefficient (Wildman–Crippen LogP) is 1.79. The Morgan fingerprint density at radius 1 is 1.33 bits per heavy atom. The molecule has 0 saturated carbocycles. The molecule has 4 nitrogen and oxygen atoms in total. The summed E-state index contributed by atoms with van der Waals surface area (Å²) in [7, 11) is 1.48. The molecule has 1 saturated heterocycles. The topological polar surface area (TPSA) is 41.6 Å². The van der Waals surface area contributed by atoms with Gasteiger partial charge in [-0.1, -0.05) is 13.8 Å². The second-order valence-corrected chi connectivity index (χ2v) is 5.25. The monoisotopic (exact) mass is 256 g/mol. The minimum absolute atomic E-state index is 0.0486. The van der Waals surface area contributed by atoms with Crippen molar-refractivity contribution in [2.45, 2.75) is 51.5 Å². The number of rotatable bonds is 6. The Balaban J connectivity index is 2.66. The average Bonchev–Trinajstić information content (AvgIpc) is 2.59. The fourth-order valence-corrected chi connectivity index (χ4v) is 2.72. The normalized spacial score (nSPS) is 25.7. The lowest BCUT2D eigenvalue weighted by Crippen LogP contribution is -2.48. The number of hydrogen-bond acceptors (Lipinski definition) is 4. The van der Waals surface area contributed by atoms with Crippen LogP contribution < -0.4 is 5.32 Å². The van der Waals surface area contributed by atoms with Crippen molar-refractivity contribution in [3.8, 4) is 0 Å². The maximum Gasteiger partial charge on any atom is 0.307 e. The van der Waals surface area contributed by atoms with E-state index in [2.05, 4.69) is 24.1 Å². The summed E-state index contributed by atoms with van der Waals surface area (Å²) < 4.78 is 4.86. The molecule has 0 amide bonds. The van der Waals surface area contributed by atoms with Gasteiger partial charge in [0.1, 0.15) is 0 Å². The zero-order valence-corrected chi connectivity index (χ0v) is 12.1. The zero-order chi connectivity index (χ0) is 13.4. The first-order valence-electron chi connectivity index (χ1n) is 7.20. The van der Waals surface area contributed by atoms with Crippen LogP contribution in [0.1, 0.15) is 46.0 Å². The molecule has 0 radical (unpaired) electrons. The molecule has 1 rings (SSSR count). The van der Waals surface area contributed by atoms with Crippen LogP contribution in [0.4, 0.5) is 0 Å². The highest BCUT2D eigenvalue weighted by atomic mass is 16.5. The highest BCUT2D eigenvalue weighted by Crippen LogP contribution is 2.26. The Kier molecular flexibility index (Phi) is 6.65. The van der Waals surface area contributed by atoms with Crippen LogP contribution in [0, 0.1) is 0 Å². The summed E-state index contributed by atoms with van der Waals surface area (Å²) >= 11 is 0. The number of methoxy groups -OCH3 is 1. The summed E-state index contributed by atoms with van der Waals surface area (Å²) in [5.74, 6) is -0.0939. The molecule has 1 unspecified atom stereocenters. The summed E-state index contributed by atoms with van der Waals surface area (Å²) in [4.78, 5) is 14.1. The summed E-state index contributed by atoms with van der Waals surface area (Å²) in [6.07, 6.45) is 4.86. The molecule has 0 bridgehead atoms. The molecule has 4 heteroatoms. The Hall–Kier alpha value is -0.610. The molecular weight excluding hydrogens is 228 g/mol. The molecule has 0 spiro atoms. The van der Waals surface area contributed by atoms with E-state index in [-0.39, 0.29) is 11.5 Å². The zero-order valence-electron chi connectivity index (χ0n) is 12.1. The van der Waals surface area contributed by atoms with Gasteiger partial charge < -0.3 is 15.0 Å². The van der Waals surface area contributed by atoms with Gasteiger partial charge in [0.05, 0.1) is 13.5 Å². The van der Waals surface area contributed by atoms with Crippen molar-refractivity contribution in [3.63, 3.8) is 0 Å². The van der Waals surface area contributed by atoms with E-state index in [1.807, 2.05) is 0 Å². The van der Waals surface area contributed by atoms with E-state index in [0.29, 0.717) is 6.42 Å². The molecule has 1 atom stereocenters. The Labute approximate surface area is 111 Å². The highest BCUT2D eigenvalue weighted by Gasteiger charge is 2.34. The van der Waals surface area contributed by atoms with Gasteiger partial charge in [-0.3, -0.25) is 4.79 Å². The Morgan fingerprint density at radius 2 is 2.11 bits per heavy atom. The van der Waals surface area contributed by atoms with E-state index in [9.17, 15) is 4.79 Å². The number of esters is 1. The Morgan fingerprint density at radius 3 is 2.72 bits per heavy atom. The highest BCUT2D eigenvalue weighted by molar-refractivity contribution is 5.70. The summed E-state index contributed by atoms with van der Waals surface area (Å²) in [6.45, 7) is 8.66. The molecule has 18 heavy (non-hydrogen) atoms. The third-order valence-corrected chi connectivity index (χ3v) is 3.94. The van der Waals surface area contributed by atoms with Gasteiger partial charge in [0, 0.05) is 5.54 Å². The van der Waals surface area contributed by atoms with Gasteiger partial charge in [-0.05, 0) is 51.9 Å². The first kappa shape index (κ1) is 15.4. The van der Waals surface area contributed by atoms with E-state index >= 15 is 0 Å². The third kappa shape index (κ3) is 4.58. The number of nitrogens with zero attached hydrogens (tertiary/aromatic N) is 1. The van der Waals surface area contributed by atoms with E-state index in [1.165, 1.54) is 7.11 Å². The lowest BCUT2D eigenvalue weighted by atomic mass is 9.87. The van der Waals surface area contributed by atoms with Gasteiger partial charge in [0.25, 0.3) is 0 Å². The smallest absolute Gasteiger partial charge is 0.307 e. The molecule has 1 fully saturated rings. The van der Waals surface area contributed by atoms with Crippen molar-refractivity contribution < 1.29 is 9.53 Å². The van der Waals surface area contributed by atoms with Gasteiger partial charge in [-0.15, -0.1) is 0 Å². The summed E-state index contributed by atoms with van der Waals surface area (Å²) in [6, 6.07) is 0. The van der Waals surface area contributed by atoms with Gasteiger partial charge in [-0.25, -0.2) is 0 Å². The molecular formula is C14H28N2O2.